The van der Waals surface area contributed by atoms with Gasteiger partial charge in [0, 0.05) is 19.3 Å². The maximum Gasteiger partial charge on any atom is 0.306 e. The van der Waals surface area contributed by atoms with Crippen molar-refractivity contribution in [2.45, 2.75) is 187 Å². The number of allylic oxidation sites excluding steroid dienone is 20. The first kappa shape index (κ1) is 55.8. The van der Waals surface area contributed by atoms with E-state index in [1.54, 1.807) is 0 Å². The standard InChI is InChI=1S/C54H84O6/c1-4-7-10-13-16-19-21-23-25-27-29-30-32-35-38-41-44-47-53(56)59-50-51(49-58-52(55)46-43-40-37-34-18-15-12-9-6-3)60-54(57)48-45-42-39-36-33-31-28-26-24-22-20-17-14-11-8-5-2/h7-8,10-11,13,16-17,19-21,23-27,29-30,32,34,37,51H,4-6,9,12,14-15,18,22,28,31,33,35-36,38-50H2,1-3H3/b10-7-,11-8-,16-13-,20-17-,21-19-,25-23-,26-24-,29-27+,32-30-,37-34-. The Kier molecular flexibility index (Phi) is 44.2. The Hall–Kier alpha value is -4.19. The lowest BCUT2D eigenvalue weighted by molar-refractivity contribution is -0.167. The third-order valence-electron chi connectivity index (χ3n) is 9.34. The summed E-state index contributed by atoms with van der Waals surface area (Å²) in [6.45, 7) is 6.24. The molecule has 0 saturated heterocycles. The third-order valence-corrected chi connectivity index (χ3v) is 9.34. The van der Waals surface area contributed by atoms with Gasteiger partial charge in [0.25, 0.3) is 0 Å². The Morgan fingerprint density at radius 3 is 1.32 bits per heavy atom. The van der Waals surface area contributed by atoms with Crippen LogP contribution in [-0.4, -0.2) is 37.2 Å². The first-order chi connectivity index (χ1) is 29.5. The van der Waals surface area contributed by atoms with Crippen LogP contribution in [0, 0.1) is 0 Å². The number of unbranched alkanes of at least 4 members (excludes halogenated alkanes) is 14. The van der Waals surface area contributed by atoms with E-state index in [9.17, 15) is 14.4 Å². The minimum Gasteiger partial charge on any atom is -0.462 e. The van der Waals surface area contributed by atoms with Crippen LogP contribution in [0.2, 0.25) is 0 Å². The second-order valence-electron chi connectivity index (χ2n) is 15.0. The van der Waals surface area contributed by atoms with Crippen LogP contribution in [0.25, 0.3) is 0 Å². The lowest BCUT2D eigenvalue weighted by Gasteiger charge is -2.18. The highest BCUT2D eigenvalue weighted by Crippen LogP contribution is 2.12. The summed E-state index contributed by atoms with van der Waals surface area (Å²) in [4.78, 5) is 37.8. The Morgan fingerprint density at radius 1 is 0.367 bits per heavy atom. The second kappa shape index (κ2) is 47.5. The number of hydrogen-bond acceptors (Lipinski definition) is 6. The molecule has 0 amide bonds. The number of carbonyl (C=O) groups excluding carboxylic acids is 3. The fraction of sp³-hybridized carbons (Fsp3) is 0.574. The average Bonchev–Trinajstić information content (AvgIpc) is 3.24. The average molecular weight is 829 g/mol. The van der Waals surface area contributed by atoms with Crippen molar-refractivity contribution in [1.29, 1.82) is 0 Å². The van der Waals surface area contributed by atoms with Gasteiger partial charge in [-0.1, -0.05) is 194 Å². The van der Waals surface area contributed by atoms with Crippen molar-refractivity contribution in [3.8, 4) is 0 Å². The molecule has 0 fully saturated rings. The van der Waals surface area contributed by atoms with Crippen molar-refractivity contribution in [3.05, 3.63) is 122 Å². The molecule has 60 heavy (non-hydrogen) atoms. The van der Waals surface area contributed by atoms with Crippen LogP contribution in [0.5, 0.6) is 0 Å². The van der Waals surface area contributed by atoms with Gasteiger partial charge in [-0.05, 0) is 89.9 Å². The molecule has 6 heteroatoms. The quantitative estimate of drug-likeness (QED) is 0.0201. The van der Waals surface area contributed by atoms with E-state index in [-0.39, 0.29) is 31.1 Å². The minimum atomic E-state index is -0.816. The molecule has 336 valence electrons. The van der Waals surface area contributed by atoms with E-state index in [0.717, 1.165) is 96.3 Å². The first-order valence-corrected chi connectivity index (χ1v) is 23.6. The zero-order valence-electron chi connectivity index (χ0n) is 38.2. The maximum atomic E-state index is 12.7. The normalized spacial score (nSPS) is 13.2. The first-order valence-electron chi connectivity index (χ1n) is 23.6. The van der Waals surface area contributed by atoms with Crippen LogP contribution in [0.1, 0.15) is 181 Å². The van der Waals surface area contributed by atoms with E-state index >= 15 is 0 Å². The SMILES string of the molecule is CC\C=C/C=C\C=C/C=C\C=C\C=C/CCCCCC(=O)OCC(COC(=O)CCC/C=C\CCCCCC)OC(=O)CCCCCCCC/C=C\C/C=C\C/C=C\CC. The summed E-state index contributed by atoms with van der Waals surface area (Å²) in [7, 11) is 0. The van der Waals surface area contributed by atoms with Crippen LogP contribution >= 0.6 is 0 Å². The lowest BCUT2D eigenvalue weighted by Crippen LogP contribution is -2.30. The van der Waals surface area contributed by atoms with E-state index < -0.39 is 6.10 Å². The summed E-state index contributed by atoms with van der Waals surface area (Å²) >= 11 is 0. The number of carbonyl (C=O) groups is 3. The van der Waals surface area contributed by atoms with E-state index in [2.05, 4.69) is 81.5 Å². The van der Waals surface area contributed by atoms with Gasteiger partial charge in [0.2, 0.25) is 0 Å². The molecule has 0 aromatic carbocycles. The topological polar surface area (TPSA) is 78.9 Å². The van der Waals surface area contributed by atoms with Crippen LogP contribution < -0.4 is 0 Å². The molecule has 0 N–H and O–H groups in total. The second-order valence-corrected chi connectivity index (χ2v) is 15.0. The van der Waals surface area contributed by atoms with Crippen molar-refractivity contribution in [2.24, 2.45) is 0 Å². The molecule has 0 spiro atoms. The summed E-state index contributed by atoms with van der Waals surface area (Å²) < 4.78 is 16.6. The van der Waals surface area contributed by atoms with Gasteiger partial charge in [0.05, 0.1) is 0 Å². The van der Waals surface area contributed by atoms with Crippen molar-refractivity contribution in [1.82, 2.24) is 0 Å². The van der Waals surface area contributed by atoms with E-state index in [0.29, 0.717) is 25.7 Å². The summed E-state index contributed by atoms with van der Waals surface area (Å²) in [6, 6.07) is 0. The predicted molar refractivity (Wildman–Crippen MR) is 256 cm³/mol. The molecule has 0 heterocycles. The molecule has 0 aliphatic heterocycles. The maximum absolute atomic E-state index is 12.7. The fourth-order valence-corrected chi connectivity index (χ4v) is 5.84. The van der Waals surface area contributed by atoms with Gasteiger partial charge in [0.1, 0.15) is 13.2 Å². The van der Waals surface area contributed by atoms with Crippen molar-refractivity contribution in [3.63, 3.8) is 0 Å². The Bertz CT molecular complexity index is 1320. The van der Waals surface area contributed by atoms with Crippen molar-refractivity contribution < 1.29 is 28.6 Å². The zero-order chi connectivity index (χ0) is 43.7. The van der Waals surface area contributed by atoms with Crippen LogP contribution in [-0.2, 0) is 28.6 Å². The fourth-order valence-electron chi connectivity index (χ4n) is 5.84. The highest BCUT2D eigenvalue weighted by molar-refractivity contribution is 5.71. The zero-order valence-corrected chi connectivity index (χ0v) is 38.2. The molecule has 1 atom stereocenters. The van der Waals surface area contributed by atoms with Crippen LogP contribution in [0.3, 0.4) is 0 Å². The van der Waals surface area contributed by atoms with Crippen LogP contribution in [0.15, 0.2) is 122 Å². The molecule has 0 aromatic heterocycles. The number of ether oxygens (including phenoxy) is 3. The van der Waals surface area contributed by atoms with E-state index in [1.807, 2.05) is 60.8 Å². The van der Waals surface area contributed by atoms with E-state index in [1.165, 1.54) is 38.5 Å². The van der Waals surface area contributed by atoms with Gasteiger partial charge >= 0.3 is 17.9 Å². The van der Waals surface area contributed by atoms with Gasteiger partial charge in [-0.15, -0.1) is 0 Å². The number of rotatable bonds is 40. The number of esters is 3. The molecule has 0 bridgehead atoms. The lowest BCUT2D eigenvalue weighted by atomic mass is 10.1. The summed E-state index contributed by atoms with van der Waals surface area (Å²) in [6.07, 6.45) is 64.7. The molecule has 1 unspecified atom stereocenters. The Morgan fingerprint density at radius 2 is 0.750 bits per heavy atom. The van der Waals surface area contributed by atoms with Crippen molar-refractivity contribution in [2.75, 3.05) is 13.2 Å². The summed E-state index contributed by atoms with van der Waals surface area (Å²) in [5.41, 5.74) is 0. The molecule has 6 nitrogen and oxygen atoms in total. The molecule has 0 rings (SSSR count). The summed E-state index contributed by atoms with van der Waals surface area (Å²) in [5, 5.41) is 0. The Labute approximate surface area is 367 Å². The molecule has 0 saturated carbocycles. The number of hydrogen-bond donors (Lipinski definition) is 0. The third kappa shape index (κ3) is 44.9. The smallest absolute Gasteiger partial charge is 0.306 e. The largest absolute Gasteiger partial charge is 0.462 e. The molecule has 0 aliphatic carbocycles. The van der Waals surface area contributed by atoms with Crippen LogP contribution in [0.4, 0.5) is 0 Å². The van der Waals surface area contributed by atoms with Gasteiger partial charge < -0.3 is 14.2 Å². The van der Waals surface area contributed by atoms with Gasteiger partial charge in [0.15, 0.2) is 6.10 Å². The molecular formula is C54H84O6. The molecular weight excluding hydrogens is 745 g/mol. The molecule has 0 aromatic rings. The predicted octanol–water partition coefficient (Wildman–Crippen LogP) is 15.4. The molecule has 0 radical (unpaired) electrons. The molecule has 0 aliphatic rings. The summed E-state index contributed by atoms with van der Waals surface area (Å²) in [5.74, 6) is -1.02. The minimum absolute atomic E-state index is 0.117. The monoisotopic (exact) mass is 829 g/mol. The van der Waals surface area contributed by atoms with Gasteiger partial charge in [-0.2, -0.15) is 0 Å². The van der Waals surface area contributed by atoms with E-state index in [4.69, 9.17) is 14.2 Å². The highest BCUT2D eigenvalue weighted by atomic mass is 16.6. The van der Waals surface area contributed by atoms with Gasteiger partial charge in [-0.25, -0.2) is 0 Å². The van der Waals surface area contributed by atoms with Gasteiger partial charge in [-0.3, -0.25) is 14.4 Å². The highest BCUT2D eigenvalue weighted by Gasteiger charge is 2.19. The van der Waals surface area contributed by atoms with Crippen molar-refractivity contribution >= 4 is 17.9 Å². The Balaban J connectivity index is 4.52.